The number of aryl methyl sites for hydroxylation is 1. The van der Waals surface area contributed by atoms with Crippen molar-refractivity contribution in [2.75, 3.05) is 38.6 Å². The van der Waals surface area contributed by atoms with Crippen molar-refractivity contribution in [2.45, 2.75) is 31.1 Å². The first-order valence-corrected chi connectivity index (χ1v) is 12.6. The standard InChI is InChI=1S/C23H30N4O6S/c1-17-5-8-20(9-6-17)34(31,32)24-15-18-4-3-12-26(16-18)13-11-23(28)25-21-10-7-19(27(29)30)14-22(21)33-2/h5-10,14,18,24H,3-4,11-13,15-16H2,1-2H3,(H,25,28). The van der Waals surface area contributed by atoms with Gasteiger partial charge >= 0.3 is 0 Å². The molecule has 1 aliphatic rings. The highest BCUT2D eigenvalue weighted by molar-refractivity contribution is 7.89. The zero-order valence-electron chi connectivity index (χ0n) is 19.3. The Kier molecular flexibility index (Phi) is 8.59. The van der Waals surface area contributed by atoms with Crippen LogP contribution in [0.2, 0.25) is 0 Å². The third-order valence-corrected chi connectivity index (χ3v) is 7.26. The summed E-state index contributed by atoms with van der Waals surface area (Å²) in [6, 6.07) is 10.8. The smallest absolute Gasteiger partial charge is 0.273 e. The van der Waals surface area contributed by atoms with Crippen LogP contribution in [0.3, 0.4) is 0 Å². The number of hydrogen-bond donors (Lipinski definition) is 2. The van der Waals surface area contributed by atoms with Gasteiger partial charge in [0.1, 0.15) is 5.75 Å². The number of hydrogen-bond acceptors (Lipinski definition) is 7. The van der Waals surface area contributed by atoms with Gasteiger partial charge in [-0.25, -0.2) is 13.1 Å². The fourth-order valence-corrected chi connectivity index (χ4v) is 5.03. The van der Waals surface area contributed by atoms with Crippen LogP contribution in [0.25, 0.3) is 0 Å². The van der Waals surface area contributed by atoms with Gasteiger partial charge in [-0.3, -0.25) is 14.9 Å². The maximum Gasteiger partial charge on any atom is 0.273 e. The van der Waals surface area contributed by atoms with Crippen LogP contribution in [-0.2, 0) is 14.8 Å². The second-order valence-electron chi connectivity index (χ2n) is 8.41. The largest absolute Gasteiger partial charge is 0.494 e. The number of nitro benzene ring substituents is 1. The molecule has 1 saturated heterocycles. The van der Waals surface area contributed by atoms with Gasteiger partial charge in [0.25, 0.3) is 5.69 Å². The SMILES string of the molecule is COc1cc([N+](=O)[O-])ccc1NC(=O)CCN1CCCC(CNS(=O)(=O)c2ccc(C)cc2)C1. The van der Waals surface area contributed by atoms with Crippen LogP contribution < -0.4 is 14.8 Å². The Morgan fingerprint density at radius 3 is 2.65 bits per heavy atom. The minimum absolute atomic E-state index is 0.118. The predicted molar refractivity (Wildman–Crippen MR) is 128 cm³/mol. The van der Waals surface area contributed by atoms with Gasteiger partial charge in [-0.1, -0.05) is 17.7 Å². The molecule has 0 spiro atoms. The lowest BCUT2D eigenvalue weighted by Gasteiger charge is -2.32. The Labute approximate surface area is 199 Å². The van der Waals surface area contributed by atoms with Crippen molar-refractivity contribution in [3.8, 4) is 5.75 Å². The number of likely N-dealkylation sites (tertiary alicyclic amines) is 1. The monoisotopic (exact) mass is 490 g/mol. The van der Waals surface area contributed by atoms with Gasteiger partial charge in [-0.2, -0.15) is 0 Å². The van der Waals surface area contributed by atoms with E-state index in [4.69, 9.17) is 4.74 Å². The number of benzene rings is 2. The Bertz CT molecular complexity index is 1120. The number of anilines is 1. The van der Waals surface area contributed by atoms with Crippen LogP contribution in [-0.4, -0.2) is 57.4 Å². The molecule has 11 heteroatoms. The van der Waals surface area contributed by atoms with Crippen molar-refractivity contribution in [3.63, 3.8) is 0 Å². The number of ether oxygens (including phenoxy) is 1. The van der Waals surface area contributed by atoms with E-state index in [9.17, 15) is 23.3 Å². The maximum absolute atomic E-state index is 12.5. The van der Waals surface area contributed by atoms with E-state index in [0.29, 0.717) is 25.3 Å². The van der Waals surface area contributed by atoms with Crippen LogP contribution in [0.4, 0.5) is 11.4 Å². The summed E-state index contributed by atoms with van der Waals surface area (Å²) in [6.45, 7) is 4.32. The van der Waals surface area contributed by atoms with Gasteiger partial charge in [0.2, 0.25) is 15.9 Å². The van der Waals surface area contributed by atoms with E-state index in [-0.39, 0.29) is 34.6 Å². The van der Waals surface area contributed by atoms with Crippen LogP contribution in [0, 0.1) is 23.0 Å². The normalized spacial score (nSPS) is 16.7. The molecule has 1 atom stereocenters. The minimum atomic E-state index is -3.56. The van der Waals surface area contributed by atoms with Gasteiger partial charge in [-0.05, 0) is 50.4 Å². The van der Waals surface area contributed by atoms with Crippen molar-refractivity contribution in [1.82, 2.24) is 9.62 Å². The number of sulfonamides is 1. The van der Waals surface area contributed by atoms with E-state index >= 15 is 0 Å². The summed E-state index contributed by atoms with van der Waals surface area (Å²) in [7, 11) is -2.17. The second-order valence-corrected chi connectivity index (χ2v) is 10.2. The van der Waals surface area contributed by atoms with E-state index < -0.39 is 14.9 Å². The van der Waals surface area contributed by atoms with Crippen molar-refractivity contribution in [2.24, 2.45) is 5.92 Å². The molecule has 184 valence electrons. The Balaban J connectivity index is 1.48. The average molecular weight is 491 g/mol. The van der Waals surface area contributed by atoms with E-state index in [1.807, 2.05) is 6.92 Å². The summed E-state index contributed by atoms with van der Waals surface area (Å²) in [5.41, 5.74) is 1.25. The summed E-state index contributed by atoms with van der Waals surface area (Å²) < 4.78 is 32.9. The van der Waals surface area contributed by atoms with Crippen LogP contribution >= 0.6 is 0 Å². The number of non-ortho nitro benzene ring substituents is 1. The number of rotatable bonds is 10. The first-order valence-electron chi connectivity index (χ1n) is 11.1. The Morgan fingerprint density at radius 1 is 1.24 bits per heavy atom. The van der Waals surface area contributed by atoms with Crippen LogP contribution in [0.5, 0.6) is 5.75 Å². The van der Waals surface area contributed by atoms with Crippen LogP contribution in [0.1, 0.15) is 24.8 Å². The molecule has 34 heavy (non-hydrogen) atoms. The molecule has 1 fully saturated rings. The fourth-order valence-electron chi connectivity index (χ4n) is 3.92. The van der Waals surface area contributed by atoms with Gasteiger partial charge < -0.3 is 15.0 Å². The molecule has 1 aliphatic heterocycles. The quantitative estimate of drug-likeness (QED) is 0.387. The lowest BCUT2D eigenvalue weighted by molar-refractivity contribution is -0.384. The van der Waals surface area contributed by atoms with E-state index in [2.05, 4.69) is 14.9 Å². The number of amides is 1. The van der Waals surface area contributed by atoms with Gasteiger partial charge in [0.15, 0.2) is 0 Å². The van der Waals surface area contributed by atoms with Gasteiger partial charge in [0, 0.05) is 32.1 Å². The highest BCUT2D eigenvalue weighted by Gasteiger charge is 2.23. The summed E-state index contributed by atoms with van der Waals surface area (Å²) in [6.07, 6.45) is 2.08. The fraction of sp³-hybridized carbons (Fsp3) is 0.435. The van der Waals surface area contributed by atoms with E-state index in [1.165, 1.54) is 25.3 Å². The maximum atomic E-state index is 12.5. The molecule has 3 rings (SSSR count). The molecule has 10 nitrogen and oxygen atoms in total. The summed E-state index contributed by atoms with van der Waals surface area (Å²) in [5, 5.41) is 13.7. The molecule has 1 heterocycles. The number of nitrogens with one attached hydrogen (secondary N) is 2. The summed E-state index contributed by atoms with van der Waals surface area (Å²) in [4.78, 5) is 25.2. The predicted octanol–water partition coefficient (Wildman–Crippen LogP) is 2.93. The molecule has 0 aromatic heterocycles. The molecular weight excluding hydrogens is 460 g/mol. The molecule has 0 bridgehead atoms. The molecule has 0 aliphatic carbocycles. The lowest BCUT2D eigenvalue weighted by Crippen LogP contribution is -2.41. The molecule has 1 amide bonds. The second kappa shape index (κ2) is 11.4. The third kappa shape index (κ3) is 6.99. The van der Waals surface area contributed by atoms with Crippen molar-refractivity contribution in [1.29, 1.82) is 0 Å². The number of nitro groups is 1. The zero-order valence-corrected chi connectivity index (χ0v) is 20.1. The van der Waals surface area contributed by atoms with Crippen molar-refractivity contribution >= 4 is 27.3 Å². The number of piperidine rings is 1. The van der Waals surface area contributed by atoms with Gasteiger partial charge in [-0.15, -0.1) is 0 Å². The summed E-state index contributed by atoms with van der Waals surface area (Å²) in [5.74, 6) is 0.155. The minimum Gasteiger partial charge on any atom is -0.494 e. The first kappa shape index (κ1) is 25.6. The van der Waals surface area contributed by atoms with E-state index in [0.717, 1.165) is 24.9 Å². The molecule has 2 N–H and O–H groups in total. The van der Waals surface area contributed by atoms with Crippen LogP contribution in [0.15, 0.2) is 47.4 Å². The Morgan fingerprint density at radius 2 is 1.97 bits per heavy atom. The van der Waals surface area contributed by atoms with Crippen molar-refractivity contribution < 1.29 is 22.9 Å². The van der Waals surface area contributed by atoms with Crippen molar-refractivity contribution in [3.05, 3.63) is 58.1 Å². The number of carbonyl (C=O) groups excluding carboxylic acids is 1. The zero-order chi connectivity index (χ0) is 24.7. The number of carbonyl (C=O) groups is 1. The highest BCUT2D eigenvalue weighted by atomic mass is 32.2. The molecule has 1 unspecified atom stereocenters. The highest BCUT2D eigenvalue weighted by Crippen LogP contribution is 2.29. The summed E-state index contributed by atoms with van der Waals surface area (Å²) >= 11 is 0. The third-order valence-electron chi connectivity index (χ3n) is 5.82. The average Bonchev–Trinajstić information content (AvgIpc) is 2.82. The molecule has 2 aromatic carbocycles. The molecule has 2 aromatic rings. The Hall–Kier alpha value is -3.02. The molecule has 0 radical (unpaired) electrons. The van der Waals surface area contributed by atoms with Gasteiger partial charge in [0.05, 0.1) is 28.7 Å². The lowest BCUT2D eigenvalue weighted by atomic mass is 9.98. The van der Waals surface area contributed by atoms with E-state index in [1.54, 1.807) is 24.3 Å². The number of methoxy groups -OCH3 is 1. The first-order chi connectivity index (χ1) is 16.2. The molecular formula is C23H30N4O6S. The number of nitrogens with zero attached hydrogens (tertiary/aromatic N) is 2. The topological polar surface area (TPSA) is 131 Å². The molecule has 0 saturated carbocycles.